The van der Waals surface area contributed by atoms with Crippen molar-refractivity contribution >= 4 is 27.6 Å². The number of amides is 1. The second-order valence-corrected chi connectivity index (χ2v) is 8.05. The van der Waals surface area contributed by atoms with Crippen LogP contribution in [0.1, 0.15) is 19.8 Å². The number of hydrogen-bond acceptors (Lipinski definition) is 5. The van der Waals surface area contributed by atoms with Crippen LogP contribution in [0.4, 0.5) is 5.69 Å². The number of ether oxygens (including phenoxy) is 1. The fourth-order valence-corrected chi connectivity index (χ4v) is 4.31. The molecule has 1 saturated heterocycles. The molecule has 1 aliphatic rings. The smallest absolute Gasteiger partial charge is 0.308 e. The maximum absolute atomic E-state index is 12.8. The number of nitrogens with zero attached hydrogens (tertiary/aromatic N) is 2. The maximum Gasteiger partial charge on any atom is 0.308 e. The minimum atomic E-state index is -3.62. The third-order valence-electron chi connectivity index (χ3n) is 4.42. The van der Waals surface area contributed by atoms with Gasteiger partial charge in [-0.2, -0.15) is 0 Å². The predicted octanol–water partition coefficient (Wildman–Crippen LogP) is 1.25. The van der Waals surface area contributed by atoms with Crippen molar-refractivity contribution in [2.45, 2.75) is 25.8 Å². The number of sulfonamides is 1. The summed E-state index contributed by atoms with van der Waals surface area (Å²) >= 11 is 0. The lowest BCUT2D eigenvalue weighted by Crippen LogP contribution is -2.51. The van der Waals surface area contributed by atoms with E-state index in [1.54, 1.807) is 42.2 Å². The van der Waals surface area contributed by atoms with E-state index < -0.39 is 16.1 Å². The van der Waals surface area contributed by atoms with Gasteiger partial charge in [0.2, 0.25) is 15.9 Å². The minimum Gasteiger partial charge on any atom is -0.469 e. The lowest BCUT2D eigenvalue weighted by atomic mass is 9.96. The van der Waals surface area contributed by atoms with E-state index >= 15 is 0 Å². The molecule has 8 heteroatoms. The largest absolute Gasteiger partial charge is 0.469 e. The van der Waals surface area contributed by atoms with Gasteiger partial charge in [0.25, 0.3) is 0 Å². The number of likely N-dealkylation sites (tertiary alicyclic amines) is 1. The van der Waals surface area contributed by atoms with E-state index in [4.69, 9.17) is 4.74 Å². The highest BCUT2D eigenvalue weighted by Crippen LogP contribution is 2.24. The fourth-order valence-electron chi connectivity index (χ4n) is 3.14. The first-order chi connectivity index (χ1) is 11.8. The first-order valence-electron chi connectivity index (χ1n) is 8.16. The van der Waals surface area contributed by atoms with Crippen LogP contribution in [-0.2, 0) is 24.3 Å². The molecule has 1 aromatic carbocycles. The predicted molar refractivity (Wildman–Crippen MR) is 94.5 cm³/mol. The van der Waals surface area contributed by atoms with E-state index in [9.17, 15) is 18.0 Å². The minimum absolute atomic E-state index is 0.204. The summed E-state index contributed by atoms with van der Waals surface area (Å²) in [5, 5.41) is 0. The summed E-state index contributed by atoms with van der Waals surface area (Å²) in [6, 6.07) is 7.71. The van der Waals surface area contributed by atoms with E-state index in [2.05, 4.69) is 0 Å². The number of carbonyl (C=O) groups is 2. The van der Waals surface area contributed by atoms with Crippen LogP contribution in [0.2, 0.25) is 0 Å². The van der Waals surface area contributed by atoms with Crippen LogP contribution in [0.3, 0.4) is 0 Å². The van der Waals surface area contributed by atoms with E-state index in [-0.39, 0.29) is 17.8 Å². The van der Waals surface area contributed by atoms with Gasteiger partial charge < -0.3 is 9.64 Å². The van der Waals surface area contributed by atoms with E-state index in [0.717, 1.165) is 10.6 Å². The van der Waals surface area contributed by atoms with E-state index in [1.165, 1.54) is 7.11 Å². The SMILES string of the molecule is COC(=O)C1CCN(C(=O)[C@H](C)N(c2ccccc2)S(C)(=O)=O)CC1. The van der Waals surface area contributed by atoms with Crippen LogP contribution < -0.4 is 4.31 Å². The molecule has 1 aromatic rings. The fraction of sp³-hybridized carbons (Fsp3) is 0.529. The molecule has 1 atom stereocenters. The Hall–Kier alpha value is -2.09. The monoisotopic (exact) mass is 368 g/mol. The van der Waals surface area contributed by atoms with Crippen molar-refractivity contribution in [2.75, 3.05) is 30.8 Å². The van der Waals surface area contributed by atoms with Gasteiger partial charge in [-0.15, -0.1) is 0 Å². The number of benzene rings is 1. The topological polar surface area (TPSA) is 84.0 Å². The van der Waals surface area contributed by atoms with Crippen molar-refractivity contribution in [3.63, 3.8) is 0 Å². The first kappa shape index (κ1) is 19.2. The Morgan fingerprint density at radius 2 is 1.76 bits per heavy atom. The van der Waals surface area contributed by atoms with Crippen LogP contribution in [-0.4, -0.2) is 57.7 Å². The molecule has 1 amide bonds. The third-order valence-corrected chi connectivity index (χ3v) is 5.66. The van der Waals surface area contributed by atoms with Gasteiger partial charge in [-0.25, -0.2) is 8.42 Å². The Bertz CT molecular complexity index is 712. The van der Waals surface area contributed by atoms with E-state index in [1.807, 2.05) is 0 Å². The summed E-state index contributed by atoms with van der Waals surface area (Å²) < 4.78 is 30.4. The zero-order valence-corrected chi connectivity index (χ0v) is 15.5. The average Bonchev–Trinajstić information content (AvgIpc) is 2.60. The maximum atomic E-state index is 12.8. The molecule has 0 aliphatic carbocycles. The summed E-state index contributed by atoms with van der Waals surface area (Å²) in [4.78, 5) is 26.0. The molecule has 0 aromatic heterocycles. The van der Waals surface area contributed by atoms with Gasteiger partial charge in [-0.1, -0.05) is 18.2 Å². The highest BCUT2D eigenvalue weighted by Gasteiger charge is 2.34. The Balaban J connectivity index is 2.14. The number of piperidine rings is 1. The number of para-hydroxylation sites is 1. The second kappa shape index (κ2) is 7.86. The second-order valence-electron chi connectivity index (χ2n) is 6.19. The molecule has 7 nitrogen and oxygen atoms in total. The Labute approximate surface area is 148 Å². The first-order valence-corrected chi connectivity index (χ1v) is 10.0. The molecule has 0 bridgehead atoms. The quantitative estimate of drug-likeness (QED) is 0.731. The Morgan fingerprint density at radius 3 is 2.24 bits per heavy atom. The molecular weight excluding hydrogens is 344 g/mol. The molecule has 0 radical (unpaired) electrons. The van der Waals surface area contributed by atoms with Crippen LogP contribution >= 0.6 is 0 Å². The highest BCUT2D eigenvalue weighted by atomic mass is 32.2. The van der Waals surface area contributed by atoms with Gasteiger partial charge in [0, 0.05) is 13.1 Å². The summed E-state index contributed by atoms with van der Waals surface area (Å²) in [6.07, 6.45) is 2.14. The van der Waals surface area contributed by atoms with Crippen LogP contribution in [0, 0.1) is 5.92 Å². The van der Waals surface area contributed by atoms with Crippen molar-refractivity contribution in [2.24, 2.45) is 5.92 Å². The van der Waals surface area contributed by atoms with Gasteiger partial charge in [-0.3, -0.25) is 13.9 Å². The van der Waals surface area contributed by atoms with Crippen molar-refractivity contribution in [3.05, 3.63) is 30.3 Å². The molecule has 1 heterocycles. The summed E-state index contributed by atoms with van der Waals surface area (Å²) in [5.74, 6) is -0.732. The van der Waals surface area contributed by atoms with Crippen molar-refractivity contribution < 1.29 is 22.7 Å². The Morgan fingerprint density at radius 1 is 1.20 bits per heavy atom. The van der Waals surface area contributed by atoms with Crippen molar-refractivity contribution in [3.8, 4) is 0 Å². The molecule has 0 spiro atoms. The molecular formula is C17H24N2O5S. The number of hydrogen-bond donors (Lipinski definition) is 0. The number of carbonyl (C=O) groups excluding carboxylic acids is 2. The summed E-state index contributed by atoms with van der Waals surface area (Å²) in [6.45, 7) is 2.41. The standard InChI is InChI=1S/C17H24N2O5S/c1-13(19(25(3,22)23)15-7-5-4-6-8-15)16(20)18-11-9-14(10-12-18)17(21)24-2/h4-8,13-14H,9-12H2,1-3H3/t13-/m0/s1. The van der Waals surface area contributed by atoms with Crippen molar-refractivity contribution in [1.82, 2.24) is 4.90 Å². The lowest BCUT2D eigenvalue weighted by Gasteiger charge is -2.36. The third kappa shape index (κ3) is 4.50. The molecule has 0 unspecified atom stereocenters. The summed E-state index contributed by atoms with van der Waals surface area (Å²) in [5.41, 5.74) is 0.454. The van der Waals surface area contributed by atoms with Crippen molar-refractivity contribution in [1.29, 1.82) is 0 Å². The van der Waals surface area contributed by atoms with Gasteiger partial charge in [0.1, 0.15) is 6.04 Å². The van der Waals surface area contributed by atoms with Crippen LogP contribution in [0.15, 0.2) is 30.3 Å². The molecule has 1 aliphatic heterocycles. The molecule has 1 fully saturated rings. The molecule has 138 valence electrons. The highest BCUT2D eigenvalue weighted by molar-refractivity contribution is 7.92. The number of esters is 1. The number of anilines is 1. The van der Waals surface area contributed by atoms with E-state index in [0.29, 0.717) is 31.6 Å². The van der Waals surface area contributed by atoms with Gasteiger partial charge in [0.15, 0.2) is 0 Å². The average molecular weight is 368 g/mol. The van der Waals surface area contributed by atoms with Gasteiger partial charge >= 0.3 is 5.97 Å². The van der Waals surface area contributed by atoms with Crippen LogP contribution in [0.25, 0.3) is 0 Å². The zero-order valence-electron chi connectivity index (χ0n) is 14.7. The molecule has 0 saturated carbocycles. The van der Waals surface area contributed by atoms with Gasteiger partial charge in [0.05, 0.1) is 25.0 Å². The Kier molecular flexibility index (Phi) is 6.05. The normalized spacial score (nSPS) is 17.0. The zero-order chi connectivity index (χ0) is 18.6. The number of rotatable bonds is 5. The number of methoxy groups -OCH3 is 1. The molecule has 0 N–H and O–H groups in total. The van der Waals surface area contributed by atoms with Gasteiger partial charge in [-0.05, 0) is 31.9 Å². The lowest BCUT2D eigenvalue weighted by molar-refractivity contribution is -0.149. The summed E-state index contributed by atoms with van der Waals surface area (Å²) in [7, 11) is -2.26. The van der Waals surface area contributed by atoms with Crippen LogP contribution in [0.5, 0.6) is 0 Å². The molecule has 25 heavy (non-hydrogen) atoms. The molecule has 2 rings (SSSR count).